The zero-order valence-electron chi connectivity index (χ0n) is 15.0. The van der Waals surface area contributed by atoms with E-state index in [1.807, 2.05) is 0 Å². The second-order valence-corrected chi connectivity index (χ2v) is 10.0. The summed E-state index contributed by atoms with van der Waals surface area (Å²) >= 11 is 3.95. The molecule has 22 heavy (non-hydrogen) atoms. The van der Waals surface area contributed by atoms with Crippen LogP contribution in [0.15, 0.2) is 12.7 Å². The summed E-state index contributed by atoms with van der Waals surface area (Å²) < 4.78 is 0. The minimum atomic E-state index is 0.177. The molecule has 1 nitrogen and oxygen atoms in total. The maximum Gasteiger partial charge on any atom is 0.129 e. The highest BCUT2D eigenvalue weighted by atomic mass is 79.9. The van der Waals surface area contributed by atoms with Crippen LogP contribution in [0.25, 0.3) is 0 Å². The summed E-state index contributed by atoms with van der Waals surface area (Å²) in [6.07, 6.45) is 8.93. The van der Waals surface area contributed by atoms with Crippen molar-refractivity contribution >= 4 is 21.7 Å². The fourth-order valence-corrected chi connectivity index (χ4v) is 6.35. The Morgan fingerprint density at radius 2 is 1.86 bits per heavy atom. The number of Topliss-reactive ketones (excluding diaryl/α,β-unsaturated/α-hetero) is 1. The molecule has 0 aliphatic heterocycles. The Kier molecular flexibility index (Phi) is 5.03. The third kappa shape index (κ3) is 2.85. The second-order valence-electron chi connectivity index (χ2n) is 8.93. The van der Waals surface area contributed by atoms with Gasteiger partial charge in [-0.15, -0.1) is 6.58 Å². The molecule has 0 aromatic rings. The summed E-state index contributed by atoms with van der Waals surface area (Å²) in [7, 11) is 0. The lowest BCUT2D eigenvalue weighted by Crippen LogP contribution is -2.57. The van der Waals surface area contributed by atoms with Crippen molar-refractivity contribution in [3.8, 4) is 0 Å². The number of carbonyl (C=O) groups excluding carboxylic acids is 1. The highest BCUT2D eigenvalue weighted by Gasteiger charge is 2.59. The van der Waals surface area contributed by atoms with Gasteiger partial charge in [-0.05, 0) is 67.1 Å². The number of fused-ring (bicyclic) bond motifs is 1. The van der Waals surface area contributed by atoms with Gasteiger partial charge in [-0.1, -0.05) is 49.7 Å². The Balaban J connectivity index is 2.39. The van der Waals surface area contributed by atoms with Gasteiger partial charge in [-0.3, -0.25) is 0 Å². The molecular weight excluding hydrogens is 336 g/mol. The van der Waals surface area contributed by atoms with Crippen molar-refractivity contribution in [3.05, 3.63) is 12.7 Å². The molecule has 0 bridgehead atoms. The van der Waals surface area contributed by atoms with Crippen LogP contribution in [0.4, 0.5) is 0 Å². The first-order chi connectivity index (χ1) is 10.1. The van der Waals surface area contributed by atoms with Crippen LogP contribution in [0.1, 0.15) is 73.1 Å². The Labute approximate surface area is 145 Å². The van der Waals surface area contributed by atoms with Crippen molar-refractivity contribution < 1.29 is 4.79 Å². The lowest BCUT2D eigenvalue weighted by Gasteiger charge is -2.63. The zero-order valence-corrected chi connectivity index (χ0v) is 16.6. The van der Waals surface area contributed by atoms with Crippen LogP contribution < -0.4 is 0 Å². The summed E-state index contributed by atoms with van der Waals surface area (Å²) in [4.78, 5) is 12.2. The number of ketones is 1. The number of halogens is 1. The minimum absolute atomic E-state index is 0.177. The summed E-state index contributed by atoms with van der Waals surface area (Å²) in [5.74, 6) is 1.62. The van der Waals surface area contributed by atoms with Gasteiger partial charge in [0.2, 0.25) is 0 Å². The van der Waals surface area contributed by atoms with Crippen molar-refractivity contribution in [2.24, 2.45) is 28.1 Å². The Morgan fingerprint density at radius 1 is 1.23 bits per heavy atom. The summed E-state index contributed by atoms with van der Waals surface area (Å²) in [6, 6.07) is 0. The number of carbonyl (C=O) groups is 1. The molecule has 2 aliphatic carbocycles. The molecule has 2 fully saturated rings. The van der Waals surface area contributed by atoms with Crippen LogP contribution in [0, 0.1) is 28.1 Å². The van der Waals surface area contributed by atoms with Crippen LogP contribution in [0.5, 0.6) is 0 Å². The van der Waals surface area contributed by atoms with Crippen LogP contribution in [-0.4, -0.2) is 10.6 Å². The highest BCUT2D eigenvalue weighted by molar-refractivity contribution is 9.09. The number of hydrogen-bond donors (Lipinski definition) is 0. The van der Waals surface area contributed by atoms with Gasteiger partial charge in [0.1, 0.15) is 5.78 Å². The van der Waals surface area contributed by atoms with Crippen LogP contribution in [0.2, 0.25) is 0 Å². The molecule has 0 aromatic carbocycles. The van der Waals surface area contributed by atoms with Crippen LogP contribution >= 0.6 is 15.9 Å². The Morgan fingerprint density at radius 3 is 2.41 bits per heavy atom. The van der Waals surface area contributed by atoms with Gasteiger partial charge in [-0.25, -0.2) is 0 Å². The lowest BCUT2D eigenvalue weighted by molar-refractivity contribution is -0.124. The molecule has 5 unspecified atom stereocenters. The molecule has 0 saturated heterocycles. The quantitative estimate of drug-likeness (QED) is 0.428. The molecular formula is C20H33BrO. The van der Waals surface area contributed by atoms with E-state index in [0.717, 1.165) is 12.3 Å². The molecule has 0 spiro atoms. The molecule has 0 heterocycles. The highest BCUT2D eigenvalue weighted by Crippen LogP contribution is 2.66. The van der Waals surface area contributed by atoms with Crippen molar-refractivity contribution in [1.82, 2.24) is 0 Å². The molecule has 126 valence electrons. The second kappa shape index (κ2) is 6.07. The van der Waals surface area contributed by atoms with Gasteiger partial charge < -0.3 is 4.79 Å². The van der Waals surface area contributed by atoms with E-state index in [-0.39, 0.29) is 5.41 Å². The Bertz CT molecular complexity index is 455. The van der Waals surface area contributed by atoms with Gasteiger partial charge in [0.25, 0.3) is 0 Å². The van der Waals surface area contributed by atoms with E-state index in [1.165, 1.54) is 25.7 Å². The van der Waals surface area contributed by atoms with Gasteiger partial charge >= 0.3 is 0 Å². The molecule has 2 heteroatoms. The van der Waals surface area contributed by atoms with Crippen molar-refractivity contribution in [2.45, 2.75) is 78.0 Å². The van der Waals surface area contributed by atoms with Gasteiger partial charge in [0, 0.05) is 11.2 Å². The van der Waals surface area contributed by atoms with Gasteiger partial charge in [-0.2, -0.15) is 0 Å². The first-order valence-corrected chi connectivity index (χ1v) is 9.76. The molecule has 2 rings (SSSR count). The van der Waals surface area contributed by atoms with E-state index in [1.54, 1.807) is 6.92 Å². The van der Waals surface area contributed by atoms with Crippen molar-refractivity contribution in [1.29, 1.82) is 0 Å². The van der Waals surface area contributed by atoms with E-state index < -0.39 is 0 Å². The molecule has 0 radical (unpaired) electrons. The van der Waals surface area contributed by atoms with Crippen molar-refractivity contribution in [2.75, 3.05) is 0 Å². The fraction of sp³-hybridized carbons (Fsp3) is 0.850. The van der Waals surface area contributed by atoms with E-state index in [9.17, 15) is 4.79 Å². The minimum Gasteiger partial charge on any atom is -0.300 e. The SMILES string of the molecule is C=CC1(C)CCC2C(C)(C)C(Br)CCC2(C)C1CCC(C)=O. The predicted octanol–water partition coefficient (Wildman–Crippen LogP) is 6.16. The monoisotopic (exact) mass is 368 g/mol. The predicted molar refractivity (Wildman–Crippen MR) is 98.3 cm³/mol. The average Bonchev–Trinajstić information content (AvgIpc) is 2.42. The number of allylic oxidation sites excluding steroid dienone is 1. The Hall–Kier alpha value is -0.110. The first-order valence-electron chi connectivity index (χ1n) is 8.85. The molecule has 0 N–H and O–H groups in total. The van der Waals surface area contributed by atoms with E-state index in [0.29, 0.717) is 33.8 Å². The number of rotatable bonds is 4. The van der Waals surface area contributed by atoms with Crippen LogP contribution in [0.3, 0.4) is 0 Å². The lowest BCUT2D eigenvalue weighted by atomic mass is 9.43. The zero-order chi connectivity index (χ0) is 16.8. The smallest absolute Gasteiger partial charge is 0.129 e. The summed E-state index contributed by atoms with van der Waals surface area (Å²) in [5.41, 5.74) is 0.824. The van der Waals surface area contributed by atoms with E-state index >= 15 is 0 Å². The maximum absolute atomic E-state index is 11.6. The normalized spacial score (nSPS) is 44.2. The largest absolute Gasteiger partial charge is 0.300 e. The molecule has 2 aliphatic rings. The summed E-state index contributed by atoms with van der Waals surface area (Å²) in [5, 5.41) is 0. The van der Waals surface area contributed by atoms with E-state index in [4.69, 9.17) is 0 Å². The first kappa shape index (κ1) is 18.2. The van der Waals surface area contributed by atoms with Crippen molar-refractivity contribution in [3.63, 3.8) is 0 Å². The number of hydrogen-bond acceptors (Lipinski definition) is 1. The van der Waals surface area contributed by atoms with Gasteiger partial charge in [0.05, 0.1) is 0 Å². The molecule has 2 saturated carbocycles. The number of alkyl halides is 1. The van der Waals surface area contributed by atoms with E-state index in [2.05, 4.69) is 56.3 Å². The standard InChI is InChI=1S/C20H33BrO/c1-7-19(5)12-10-15-18(3,4)17(21)11-13-20(15,6)16(19)9-8-14(2)22/h7,15-17H,1,8-13H2,2-6H3. The summed E-state index contributed by atoms with van der Waals surface area (Å²) in [6.45, 7) is 15.6. The van der Waals surface area contributed by atoms with Crippen LogP contribution in [-0.2, 0) is 4.79 Å². The molecule has 0 aromatic heterocycles. The molecule has 0 amide bonds. The maximum atomic E-state index is 11.6. The third-order valence-electron chi connectivity index (χ3n) is 7.25. The van der Waals surface area contributed by atoms with Gasteiger partial charge in [0.15, 0.2) is 0 Å². The topological polar surface area (TPSA) is 17.1 Å². The average molecular weight is 369 g/mol. The molecule has 5 atom stereocenters. The third-order valence-corrected chi connectivity index (χ3v) is 8.89. The fourth-order valence-electron chi connectivity index (χ4n) is 5.81.